The number of amides is 1. The molecule has 0 spiro atoms. The van der Waals surface area contributed by atoms with Gasteiger partial charge in [0.25, 0.3) is 5.91 Å². The molecular weight excluding hydrogens is 346 g/mol. The lowest BCUT2D eigenvalue weighted by molar-refractivity contribution is -0.119. The highest BCUT2D eigenvalue weighted by Crippen LogP contribution is 2.32. The second-order valence-corrected chi connectivity index (χ2v) is 8.44. The normalized spacial score (nSPS) is 16.1. The average molecular weight is 372 g/mol. The zero-order valence-corrected chi connectivity index (χ0v) is 16.6. The molecule has 3 rings (SSSR count). The fourth-order valence-electron chi connectivity index (χ4n) is 3.56. The molecule has 1 aliphatic rings. The average Bonchev–Trinajstić information content (AvgIpc) is 2.99. The Hall–Kier alpha value is -2.14. The van der Waals surface area contributed by atoms with E-state index in [4.69, 9.17) is 4.74 Å². The fraction of sp³-hybridized carbons (Fsp3) is 0.429. The topological polar surface area (TPSA) is 55.4 Å². The molecule has 1 heterocycles. The van der Waals surface area contributed by atoms with Gasteiger partial charge in [-0.15, -0.1) is 11.3 Å². The number of anilines is 1. The summed E-state index contributed by atoms with van der Waals surface area (Å²) in [7, 11) is 0. The molecule has 1 aromatic carbocycles. The monoisotopic (exact) mass is 371 g/mol. The van der Waals surface area contributed by atoms with Crippen LogP contribution in [0.3, 0.4) is 0 Å². The molecule has 0 fully saturated rings. The summed E-state index contributed by atoms with van der Waals surface area (Å²) in [6, 6.07) is 5.97. The van der Waals surface area contributed by atoms with Gasteiger partial charge in [0.2, 0.25) is 0 Å². The van der Waals surface area contributed by atoms with Gasteiger partial charge in [-0.2, -0.15) is 0 Å². The molecule has 0 saturated carbocycles. The highest BCUT2D eigenvalue weighted by atomic mass is 32.1. The molecule has 4 nitrogen and oxygen atoms in total. The van der Waals surface area contributed by atoms with Gasteiger partial charge in [-0.25, -0.2) is 4.79 Å². The molecule has 26 heavy (non-hydrogen) atoms. The van der Waals surface area contributed by atoms with E-state index in [0.717, 1.165) is 35.2 Å². The summed E-state index contributed by atoms with van der Waals surface area (Å²) in [5.74, 6) is -0.0689. The molecule has 1 atom stereocenters. The van der Waals surface area contributed by atoms with Crippen molar-refractivity contribution in [2.75, 3.05) is 11.9 Å². The van der Waals surface area contributed by atoms with Gasteiger partial charge in [0.05, 0.1) is 0 Å². The molecule has 0 unspecified atom stereocenters. The third kappa shape index (κ3) is 4.15. The van der Waals surface area contributed by atoms with Gasteiger partial charge in [0.1, 0.15) is 4.88 Å². The molecule has 5 heteroatoms. The lowest BCUT2D eigenvalue weighted by Crippen LogP contribution is -2.21. The van der Waals surface area contributed by atoms with Gasteiger partial charge in [-0.3, -0.25) is 4.79 Å². The number of rotatable bonds is 4. The molecule has 1 aromatic heterocycles. The number of benzene rings is 1. The van der Waals surface area contributed by atoms with E-state index >= 15 is 0 Å². The van der Waals surface area contributed by atoms with Crippen LogP contribution in [-0.2, 0) is 22.4 Å². The third-order valence-corrected chi connectivity index (χ3v) is 6.02. The number of carbonyl (C=O) groups is 2. The molecule has 0 aliphatic heterocycles. The first kappa shape index (κ1) is 18.6. The summed E-state index contributed by atoms with van der Waals surface area (Å²) >= 11 is 1.50. The smallest absolute Gasteiger partial charge is 0.348 e. The summed E-state index contributed by atoms with van der Waals surface area (Å²) in [4.78, 5) is 26.4. The van der Waals surface area contributed by atoms with Crippen molar-refractivity contribution in [3.8, 4) is 0 Å². The van der Waals surface area contributed by atoms with Gasteiger partial charge in [0.15, 0.2) is 6.61 Å². The minimum absolute atomic E-state index is 0.273. The molecule has 0 saturated heterocycles. The van der Waals surface area contributed by atoms with E-state index < -0.39 is 5.97 Å². The van der Waals surface area contributed by atoms with Crippen LogP contribution in [0.4, 0.5) is 5.69 Å². The second-order valence-electron chi connectivity index (χ2n) is 7.31. The van der Waals surface area contributed by atoms with Crippen molar-refractivity contribution in [3.05, 3.63) is 50.2 Å². The van der Waals surface area contributed by atoms with Crippen LogP contribution in [0.1, 0.15) is 50.1 Å². The number of nitrogens with one attached hydrogen (secondary N) is 1. The van der Waals surface area contributed by atoms with E-state index in [1.54, 1.807) is 0 Å². The van der Waals surface area contributed by atoms with Crippen molar-refractivity contribution in [2.24, 2.45) is 5.92 Å². The Bertz CT molecular complexity index is 830. The number of hydrogen-bond acceptors (Lipinski definition) is 4. The Labute approximate surface area is 158 Å². The fourth-order valence-corrected chi connectivity index (χ4v) is 4.66. The third-order valence-electron chi connectivity index (χ3n) is 4.81. The molecule has 1 amide bonds. The maximum atomic E-state index is 12.3. The SMILES string of the molecule is Cc1cc(C)c(NC(=O)COC(=O)c2cc3c(s2)CC[C@H](C)C3)c(C)c1. The Kier molecular flexibility index (Phi) is 5.47. The van der Waals surface area contributed by atoms with Crippen molar-refractivity contribution in [3.63, 3.8) is 0 Å². The van der Waals surface area contributed by atoms with Crippen molar-refractivity contribution < 1.29 is 14.3 Å². The van der Waals surface area contributed by atoms with Crippen LogP contribution in [0.15, 0.2) is 18.2 Å². The van der Waals surface area contributed by atoms with E-state index in [-0.39, 0.29) is 12.5 Å². The standard InChI is InChI=1S/C21H25NO3S/c1-12-5-6-17-16(9-12)10-18(26-17)21(24)25-11-19(23)22-20-14(3)7-13(2)8-15(20)4/h7-8,10,12H,5-6,9,11H2,1-4H3,(H,22,23)/t12-/m0/s1. The maximum absolute atomic E-state index is 12.3. The van der Waals surface area contributed by atoms with Crippen LogP contribution in [0.5, 0.6) is 0 Å². The molecule has 0 radical (unpaired) electrons. The van der Waals surface area contributed by atoms with Gasteiger partial charge in [-0.05, 0) is 68.7 Å². The summed E-state index contributed by atoms with van der Waals surface area (Å²) in [5.41, 5.74) is 5.21. The van der Waals surface area contributed by atoms with Crippen LogP contribution in [0.2, 0.25) is 0 Å². The van der Waals surface area contributed by atoms with Gasteiger partial charge in [0, 0.05) is 10.6 Å². The molecule has 2 aromatic rings. The minimum atomic E-state index is -0.412. The summed E-state index contributed by atoms with van der Waals surface area (Å²) in [5, 5.41) is 2.85. The number of esters is 1. The van der Waals surface area contributed by atoms with Crippen LogP contribution in [-0.4, -0.2) is 18.5 Å². The highest BCUT2D eigenvalue weighted by molar-refractivity contribution is 7.14. The van der Waals surface area contributed by atoms with E-state index in [1.165, 1.54) is 28.2 Å². The van der Waals surface area contributed by atoms with Crippen LogP contribution in [0, 0.1) is 26.7 Å². The van der Waals surface area contributed by atoms with E-state index in [9.17, 15) is 9.59 Å². The summed E-state index contributed by atoms with van der Waals surface area (Å²) in [6.07, 6.45) is 3.21. The van der Waals surface area contributed by atoms with Crippen molar-refractivity contribution in [1.29, 1.82) is 0 Å². The minimum Gasteiger partial charge on any atom is -0.451 e. The number of hydrogen-bond donors (Lipinski definition) is 1. The largest absolute Gasteiger partial charge is 0.451 e. The Morgan fingerprint density at radius 2 is 1.88 bits per heavy atom. The predicted molar refractivity (Wildman–Crippen MR) is 105 cm³/mol. The summed E-state index contributed by atoms with van der Waals surface area (Å²) < 4.78 is 5.23. The molecular formula is C21H25NO3S. The zero-order valence-electron chi connectivity index (χ0n) is 15.8. The molecule has 1 aliphatic carbocycles. The zero-order chi connectivity index (χ0) is 18.8. The summed E-state index contributed by atoms with van der Waals surface area (Å²) in [6.45, 7) is 7.90. The number of thiophene rings is 1. The first-order chi connectivity index (χ1) is 12.3. The first-order valence-electron chi connectivity index (χ1n) is 9.00. The van der Waals surface area contributed by atoms with Crippen molar-refractivity contribution in [1.82, 2.24) is 0 Å². The van der Waals surface area contributed by atoms with Gasteiger partial charge in [-0.1, -0.05) is 24.6 Å². The lowest BCUT2D eigenvalue weighted by Gasteiger charge is -2.16. The van der Waals surface area contributed by atoms with Gasteiger partial charge < -0.3 is 10.1 Å². The van der Waals surface area contributed by atoms with Crippen molar-refractivity contribution in [2.45, 2.75) is 47.0 Å². The highest BCUT2D eigenvalue weighted by Gasteiger charge is 2.22. The van der Waals surface area contributed by atoms with Gasteiger partial charge >= 0.3 is 5.97 Å². The molecule has 1 N–H and O–H groups in total. The molecule has 0 bridgehead atoms. The number of ether oxygens (including phenoxy) is 1. The van der Waals surface area contributed by atoms with E-state index in [1.807, 2.05) is 39.0 Å². The van der Waals surface area contributed by atoms with E-state index in [0.29, 0.717) is 10.8 Å². The first-order valence-corrected chi connectivity index (χ1v) is 9.81. The van der Waals surface area contributed by atoms with E-state index in [2.05, 4.69) is 12.2 Å². The number of fused-ring (bicyclic) bond motifs is 1. The van der Waals surface area contributed by atoms with Crippen molar-refractivity contribution >= 4 is 28.9 Å². The second kappa shape index (κ2) is 7.62. The Morgan fingerprint density at radius 3 is 2.58 bits per heavy atom. The maximum Gasteiger partial charge on any atom is 0.348 e. The van der Waals surface area contributed by atoms with Crippen LogP contribution < -0.4 is 5.32 Å². The lowest BCUT2D eigenvalue weighted by atomic mass is 9.90. The van der Waals surface area contributed by atoms with Crippen LogP contribution >= 0.6 is 11.3 Å². The Balaban J connectivity index is 1.59. The van der Waals surface area contributed by atoms with Crippen LogP contribution in [0.25, 0.3) is 0 Å². The number of carbonyl (C=O) groups excluding carboxylic acids is 2. The quantitative estimate of drug-likeness (QED) is 0.800. The number of aryl methyl sites for hydroxylation is 4. The molecule has 138 valence electrons. The Morgan fingerprint density at radius 1 is 1.19 bits per heavy atom. The predicted octanol–water partition coefficient (Wildman–Crippen LogP) is 4.59.